The van der Waals surface area contributed by atoms with Crippen molar-refractivity contribution in [3.8, 4) is 5.75 Å². The Morgan fingerprint density at radius 2 is 1.94 bits per heavy atom. The van der Waals surface area contributed by atoms with Crippen molar-refractivity contribution in [1.29, 1.82) is 0 Å². The number of hydrogen-bond donors (Lipinski definition) is 1. The fraction of sp³-hybridized carbons (Fsp3) is 0.167. The predicted molar refractivity (Wildman–Crippen MR) is 132 cm³/mol. The van der Waals surface area contributed by atoms with Crippen LogP contribution < -0.4 is 10.1 Å². The van der Waals surface area contributed by atoms with Gasteiger partial charge in [0.05, 0.1) is 11.0 Å². The lowest BCUT2D eigenvalue weighted by molar-refractivity contribution is 0.0992. The third-order valence-electron chi connectivity index (χ3n) is 5.04. The number of carbonyl (C=O) groups is 1. The van der Waals surface area contributed by atoms with E-state index in [0.29, 0.717) is 32.6 Å². The highest BCUT2D eigenvalue weighted by Crippen LogP contribution is 2.25. The number of hydrogen-bond acceptors (Lipinski definition) is 4. The number of ether oxygens (including phenoxy) is 1. The van der Waals surface area contributed by atoms with Crippen molar-refractivity contribution in [2.24, 2.45) is 0 Å². The second kappa shape index (κ2) is 10.0. The van der Waals surface area contributed by atoms with Crippen LogP contribution in [-0.2, 0) is 13.2 Å². The third kappa shape index (κ3) is 5.79. The molecule has 2 heterocycles. The fourth-order valence-electron chi connectivity index (χ4n) is 3.09. The zero-order valence-electron chi connectivity index (χ0n) is 17.9. The average Bonchev–Trinajstić information content (AvgIpc) is 3.38. The Labute approximate surface area is 209 Å². The summed E-state index contributed by atoms with van der Waals surface area (Å²) in [7, 11) is 0. The van der Waals surface area contributed by atoms with Crippen LogP contribution >= 0.6 is 39.1 Å². The van der Waals surface area contributed by atoms with Gasteiger partial charge in [0, 0.05) is 16.2 Å². The summed E-state index contributed by atoms with van der Waals surface area (Å²) in [5, 5.41) is 8.28. The quantitative estimate of drug-likeness (QED) is 0.269. The summed E-state index contributed by atoms with van der Waals surface area (Å²) in [5.74, 6) is 1.41. The highest BCUT2D eigenvalue weighted by Gasteiger charge is 2.16. The van der Waals surface area contributed by atoms with E-state index in [2.05, 4.69) is 26.3 Å². The van der Waals surface area contributed by atoms with Gasteiger partial charge in [0.25, 0.3) is 5.91 Å². The number of nitrogens with zero attached hydrogens (tertiary/aromatic N) is 2. The molecular formula is C24H20BrCl2N3O3. The maximum absolute atomic E-state index is 12.6. The van der Waals surface area contributed by atoms with E-state index < -0.39 is 5.91 Å². The Balaban J connectivity index is 1.38. The van der Waals surface area contributed by atoms with Crippen molar-refractivity contribution in [3.05, 3.63) is 97.5 Å². The molecule has 9 heteroatoms. The molecule has 0 radical (unpaired) electrons. The van der Waals surface area contributed by atoms with Gasteiger partial charge in [-0.2, -0.15) is 5.10 Å². The molecule has 0 fully saturated rings. The van der Waals surface area contributed by atoms with Gasteiger partial charge in [0.15, 0.2) is 11.6 Å². The molecule has 2 aromatic heterocycles. The number of aryl methyl sites for hydroxylation is 2. The van der Waals surface area contributed by atoms with E-state index in [0.717, 1.165) is 16.9 Å². The Bertz CT molecular complexity index is 1320. The Kier molecular flexibility index (Phi) is 7.12. The molecule has 0 spiro atoms. The normalized spacial score (nSPS) is 10.9. The summed E-state index contributed by atoms with van der Waals surface area (Å²) < 4.78 is 13.7. The minimum atomic E-state index is -0.414. The monoisotopic (exact) mass is 547 g/mol. The number of nitrogens with one attached hydrogen (secondary N) is 1. The van der Waals surface area contributed by atoms with Gasteiger partial charge in [-0.1, -0.05) is 35.3 Å². The number of amides is 1. The minimum absolute atomic E-state index is 0.163. The van der Waals surface area contributed by atoms with Crippen molar-refractivity contribution in [2.75, 3.05) is 5.32 Å². The molecule has 0 unspecified atom stereocenters. The van der Waals surface area contributed by atoms with E-state index in [9.17, 15) is 4.79 Å². The fourth-order valence-corrected chi connectivity index (χ4v) is 3.98. The van der Waals surface area contributed by atoms with Gasteiger partial charge in [0.1, 0.15) is 18.1 Å². The number of halogens is 3. The molecule has 4 aromatic rings. The van der Waals surface area contributed by atoms with Crippen molar-refractivity contribution in [3.63, 3.8) is 0 Å². The van der Waals surface area contributed by atoms with E-state index in [1.165, 1.54) is 5.56 Å². The maximum Gasteiger partial charge on any atom is 0.292 e. The molecule has 0 saturated heterocycles. The first-order chi connectivity index (χ1) is 15.8. The van der Waals surface area contributed by atoms with Crippen LogP contribution in [-0.4, -0.2) is 15.7 Å². The molecule has 4 rings (SSSR count). The minimum Gasteiger partial charge on any atom is -0.486 e. The molecule has 0 aliphatic carbocycles. The Hall–Kier alpha value is -2.74. The maximum atomic E-state index is 12.6. The van der Waals surface area contributed by atoms with E-state index in [1.807, 2.05) is 38.1 Å². The second-order valence-electron chi connectivity index (χ2n) is 7.51. The van der Waals surface area contributed by atoms with Crippen LogP contribution in [0.5, 0.6) is 5.75 Å². The highest BCUT2D eigenvalue weighted by molar-refractivity contribution is 9.10. The van der Waals surface area contributed by atoms with Crippen LogP contribution in [0.4, 0.5) is 5.82 Å². The number of furan rings is 1. The van der Waals surface area contributed by atoms with E-state index in [-0.39, 0.29) is 12.4 Å². The second-order valence-corrected chi connectivity index (χ2v) is 9.21. The molecule has 0 aliphatic rings. The van der Waals surface area contributed by atoms with Gasteiger partial charge in [-0.15, -0.1) is 0 Å². The number of benzene rings is 2. The first kappa shape index (κ1) is 23.4. The summed E-state index contributed by atoms with van der Waals surface area (Å²) >= 11 is 15.6. The molecule has 1 amide bonds. The third-order valence-corrected chi connectivity index (χ3v) is 6.21. The van der Waals surface area contributed by atoms with Crippen LogP contribution in [0.1, 0.15) is 33.0 Å². The lowest BCUT2D eigenvalue weighted by Crippen LogP contribution is -2.12. The Morgan fingerprint density at radius 1 is 1.12 bits per heavy atom. The average molecular weight is 549 g/mol. The van der Waals surface area contributed by atoms with Crippen molar-refractivity contribution >= 4 is 50.9 Å². The molecule has 0 atom stereocenters. The predicted octanol–water partition coefficient (Wildman–Crippen LogP) is 7.04. The molecule has 170 valence electrons. The standard InChI is InChI=1S/C24H20BrCl2N3O3/c1-14-3-6-18(9-15(14)2)32-13-19-7-8-22(33-19)24(31)28-23-20(25)12-30(29-23)11-16-4-5-17(26)10-21(16)27/h3-10,12H,11,13H2,1-2H3,(H,28,29,31). The highest BCUT2D eigenvalue weighted by atomic mass is 79.9. The SMILES string of the molecule is Cc1ccc(OCc2ccc(C(=O)Nc3nn(Cc4ccc(Cl)cc4Cl)cc3Br)o2)cc1C. The number of anilines is 1. The summed E-state index contributed by atoms with van der Waals surface area (Å²) in [6, 6.07) is 14.5. The van der Waals surface area contributed by atoms with E-state index >= 15 is 0 Å². The molecular weight excluding hydrogens is 529 g/mol. The molecule has 0 saturated carbocycles. The molecule has 33 heavy (non-hydrogen) atoms. The van der Waals surface area contributed by atoms with Crippen LogP contribution in [0, 0.1) is 13.8 Å². The lowest BCUT2D eigenvalue weighted by atomic mass is 10.1. The van der Waals surface area contributed by atoms with Crippen LogP contribution in [0.15, 0.2) is 63.6 Å². The Morgan fingerprint density at radius 3 is 2.70 bits per heavy atom. The molecule has 0 aliphatic heterocycles. The van der Waals surface area contributed by atoms with Crippen molar-refractivity contribution in [1.82, 2.24) is 9.78 Å². The zero-order valence-corrected chi connectivity index (χ0v) is 21.0. The summed E-state index contributed by atoms with van der Waals surface area (Å²) in [5.41, 5.74) is 3.20. The van der Waals surface area contributed by atoms with Gasteiger partial charge in [-0.05, 0) is 82.9 Å². The van der Waals surface area contributed by atoms with Gasteiger partial charge in [-0.3, -0.25) is 9.48 Å². The number of aromatic nitrogens is 2. The van der Waals surface area contributed by atoms with Crippen LogP contribution in [0.2, 0.25) is 10.0 Å². The van der Waals surface area contributed by atoms with Crippen molar-refractivity contribution in [2.45, 2.75) is 27.0 Å². The zero-order chi connectivity index (χ0) is 23.5. The van der Waals surface area contributed by atoms with Gasteiger partial charge >= 0.3 is 0 Å². The first-order valence-electron chi connectivity index (χ1n) is 10.1. The summed E-state index contributed by atoms with van der Waals surface area (Å²) in [6.45, 7) is 4.72. The molecule has 0 bridgehead atoms. The van der Waals surface area contributed by atoms with E-state index in [1.54, 1.807) is 35.1 Å². The smallest absolute Gasteiger partial charge is 0.292 e. The summed E-state index contributed by atoms with van der Waals surface area (Å²) in [4.78, 5) is 12.6. The van der Waals surface area contributed by atoms with Crippen LogP contribution in [0.3, 0.4) is 0 Å². The van der Waals surface area contributed by atoms with Crippen LogP contribution in [0.25, 0.3) is 0 Å². The van der Waals surface area contributed by atoms with Gasteiger partial charge in [-0.25, -0.2) is 0 Å². The summed E-state index contributed by atoms with van der Waals surface area (Å²) in [6.07, 6.45) is 1.76. The molecule has 2 aromatic carbocycles. The topological polar surface area (TPSA) is 69.3 Å². The molecule has 6 nitrogen and oxygen atoms in total. The van der Waals surface area contributed by atoms with Gasteiger partial charge < -0.3 is 14.5 Å². The molecule has 1 N–H and O–H groups in total. The van der Waals surface area contributed by atoms with E-state index in [4.69, 9.17) is 32.4 Å². The van der Waals surface area contributed by atoms with Crippen molar-refractivity contribution < 1.29 is 13.9 Å². The largest absolute Gasteiger partial charge is 0.486 e. The lowest BCUT2D eigenvalue weighted by Gasteiger charge is -2.07. The van der Waals surface area contributed by atoms with Gasteiger partial charge in [0.2, 0.25) is 0 Å². The first-order valence-corrected chi connectivity index (χ1v) is 11.6. The number of carbonyl (C=O) groups excluding carboxylic acids is 1. The number of rotatable bonds is 7.